The Labute approximate surface area is 218 Å². The highest BCUT2D eigenvalue weighted by molar-refractivity contribution is 5.71. The topological polar surface area (TPSA) is 55.8 Å². The number of hydrogen-bond acceptors (Lipinski definition) is 3. The van der Waals surface area contributed by atoms with Crippen molar-refractivity contribution >= 4 is 5.97 Å². The van der Waals surface area contributed by atoms with Crippen LogP contribution in [0.1, 0.15) is 74.0 Å². The van der Waals surface area contributed by atoms with Crippen LogP contribution >= 0.6 is 0 Å². The van der Waals surface area contributed by atoms with Gasteiger partial charge in [0.1, 0.15) is 23.9 Å². The number of carboxylic acid groups (broad SMARTS) is 1. The maximum absolute atomic E-state index is 15.0. The summed E-state index contributed by atoms with van der Waals surface area (Å²) in [5.41, 5.74) is 4.73. The molecule has 2 saturated carbocycles. The Bertz CT molecular complexity index is 1270. The molecule has 0 amide bonds. The number of carboxylic acids is 1. The molecule has 2 fully saturated rings. The quantitative estimate of drug-likeness (QED) is 0.306. The van der Waals surface area contributed by atoms with Crippen molar-refractivity contribution in [2.24, 2.45) is 11.8 Å². The summed E-state index contributed by atoms with van der Waals surface area (Å²) < 4.78 is 26.5. The van der Waals surface area contributed by atoms with Crippen LogP contribution < -0.4 is 9.47 Å². The third-order valence-corrected chi connectivity index (χ3v) is 8.12. The summed E-state index contributed by atoms with van der Waals surface area (Å²) in [6.07, 6.45) is 5.78. The average molecular weight is 503 g/mol. The van der Waals surface area contributed by atoms with E-state index in [1.807, 2.05) is 36.4 Å². The van der Waals surface area contributed by atoms with Crippen LogP contribution in [0.25, 0.3) is 11.1 Å². The second kappa shape index (κ2) is 11.0. The van der Waals surface area contributed by atoms with Gasteiger partial charge in [0.2, 0.25) is 0 Å². The molecule has 2 aliphatic carbocycles. The number of rotatable bonds is 10. The highest BCUT2D eigenvalue weighted by atomic mass is 19.1. The number of benzene rings is 3. The maximum atomic E-state index is 15.0. The molecule has 0 spiro atoms. The average Bonchev–Trinajstić information content (AvgIpc) is 3.66. The number of hydrogen-bond donors (Lipinski definition) is 1. The molecule has 0 bridgehead atoms. The zero-order valence-electron chi connectivity index (χ0n) is 21.6. The van der Waals surface area contributed by atoms with E-state index in [9.17, 15) is 14.3 Å². The molecule has 2 aliphatic rings. The van der Waals surface area contributed by atoms with Crippen molar-refractivity contribution in [3.8, 4) is 22.6 Å². The molecule has 0 aliphatic heterocycles. The lowest BCUT2D eigenvalue weighted by molar-refractivity contribution is -0.137. The first kappa shape index (κ1) is 25.3. The zero-order valence-corrected chi connectivity index (χ0v) is 21.6. The summed E-state index contributed by atoms with van der Waals surface area (Å²) in [4.78, 5) is 11.4. The van der Waals surface area contributed by atoms with Crippen molar-refractivity contribution in [2.45, 2.75) is 63.9 Å². The second-order valence-electron chi connectivity index (χ2n) is 10.7. The van der Waals surface area contributed by atoms with Gasteiger partial charge in [0, 0.05) is 5.56 Å². The fourth-order valence-corrected chi connectivity index (χ4v) is 5.94. The third-order valence-electron chi connectivity index (χ3n) is 8.12. The Morgan fingerprint density at radius 3 is 2.54 bits per heavy atom. The lowest BCUT2D eigenvalue weighted by Gasteiger charge is -2.22. The Balaban J connectivity index is 1.41. The molecular weight excluding hydrogens is 467 g/mol. The predicted octanol–water partition coefficient (Wildman–Crippen LogP) is 7.95. The minimum Gasteiger partial charge on any atom is -0.497 e. The summed E-state index contributed by atoms with van der Waals surface area (Å²) >= 11 is 0. The molecule has 4 nitrogen and oxygen atoms in total. The fraction of sp³-hybridized carbons (Fsp3) is 0.406. The highest BCUT2D eigenvalue weighted by Gasteiger charge is 2.34. The standard InChI is InChI=1S/C32H35FO4/c1-20-5-3-8-26(20)29-15-21(9-13-27(29)30-17-24(36-2)12-14-31(30)33)19-37-25-7-4-6-23(16-25)28(18-32(34)35)22-10-11-22/h4,6-7,9,12-17,20,22,26,28H,3,5,8,10-11,18-19H2,1-2H3,(H,34,35)/t20-,26-,28+/m0/s1. The van der Waals surface area contributed by atoms with Crippen molar-refractivity contribution < 1.29 is 23.8 Å². The second-order valence-corrected chi connectivity index (χ2v) is 10.7. The minimum atomic E-state index is -0.760. The summed E-state index contributed by atoms with van der Waals surface area (Å²) in [6, 6.07) is 19.0. The van der Waals surface area contributed by atoms with E-state index in [4.69, 9.17) is 9.47 Å². The monoisotopic (exact) mass is 502 g/mol. The molecule has 3 aromatic carbocycles. The molecule has 37 heavy (non-hydrogen) atoms. The predicted molar refractivity (Wildman–Crippen MR) is 143 cm³/mol. The van der Waals surface area contributed by atoms with Gasteiger partial charge >= 0.3 is 5.97 Å². The van der Waals surface area contributed by atoms with Gasteiger partial charge in [0.15, 0.2) is 0 Å². The Kier molecular flexibility index (Phi) is 7.50. The summed E-state index contributed by atoms with van der Waals surface area (Å²) in [5.74, 6) is 1.77. The summed E-state index contributed by atoms with van der Waals surface area (Å²) in [5, 5.41) is 9.37. The molecule has 0 saturated heterocycles. The first-order valence-electron chi connectivity index (χ1n) is 13.3. The Hall–Kier alpha value is -3.34. The van der Waals surface area contributed by atoms with Gasteiger partial charge < -0.3 is 14.6 Å². The van der Waals surface area contributed by atoms with Crippen LogP contribution in [0, 0.1) is 17.7 Å². The van der Waals surface area contributed by atoms with E-state index in [-0.39, 0.29) is 18.2 Å². The van der Waals surface area contributed by atoms with Crippen molar-refractivity contribution in [3.05, 3.63) is 83.2 Å². The molecule has 0 radical (unpaired) electrons. The SMILES string of the molecule is COc1ccc(F)c(-c2ccc(COc3cccc([C@H](CC(=O)O)C4CC4)c3)cc2[C@H]2CCC[C@@H]2C)c1. The van der Waals surface area contributed by atoms with Gasteiger partial charge in [0.05, 0.1) is 13.5 Å². The number of methoxy groups -OCH3 is 1. The molecule has 1 N–H and O–H groups in total. The number of halogens is 1. The Morgan fingerprint density at radius 1 is 1.00 bits per heavy atom. The lowest BCUT2D eigenvalue weighted by Crippen LogP contribution is -2.09. The summed E-state index contributed by atoms with van der Waals surface area (Å²) in [6.45, 7) is 2.68. The Morgan fingerprint density at radius 2 is 1.84 bits per heavy atom. The van der Waals surface area contributed by atoms with Crippen molar-refractivity contribution in [2.75, 3.05) is 7.11 Å². The van der Waals surface area contributed by atoms with Crippen LogP contribution in [0.5, 0.6) is 11.5 Å². The minimum absolute atomic E-state index is 0.0357. The molecule has 0 unspecified atom stereocenters. The zero-order chi connectivity index (χ0) is 25.9. The van der Waals surface area contributed by atoms with Crippen molar-refractivity contribution in [1.82, 2.24) is 0 Å². The molecule has 5 rings (SSSR count). The van der Waals surface area contributed by atoms with Gasteiger partial charge in [-0.25, -0.2) is 4.39 Å². The van der Waals surface area contributed by atoms with Crippen LogP contribution in [-0.4, -0.2) is 18.2 Å². The van der Waals surface area contributed by atoms with Gasteiger partial charge in [-0.1, -0.05) is 50.1 Å². The normalized spacial score (nSPS) is 20.0. The van der Waals surface area contributed by atoms with Gasteiger partial charge in [-0.05, 0) is 95.5 Å². The van der Waals surface area contributed by atoms with Crippen molar-refractivity contribution in [3.63, 3.8) is 0 Å². The molecule has 0 aromatic heterocycles. The molecular formula is C32H35FO4. The largest absolute Gasteiger partial charge is 0.497 e. The van der Waals surface area contributed by atoms with Gasteiger partial charge in [-0.2, -0.15) is 0 Å². The third kappa shape index (κ3) is 5.82. The molecule has 3 aromatic rings. The molecule has 3 atom stereocenters. The number of ether oxygens (including phenoxy) is 2. The van der Waals surface area contributed by atoms with E-state index in [0.29, 0.717) is 35.7 Å². The van der Waals surface area contributed by atoms with Crippen LogP contribution in [0.2, 0.25) is 0 Å². The summed E-state index contributed by atoms with van der Waals surface area (Å²) in [7, 11) is 1.60. The van der Waals surface area contributed by atoms with Gasteiger partial charge in [-0.15, -0.1) is 0 Å². The maximum Gasteiger partial charge on any atom is 0.303 e. The highest BCUT2D eigenvalue weighted by Crippen LogP contribution is 2.46. The number of aliphatic carboxylic acids is 1. The first-order valence-corrected chi connectivity index (χ1v) is 13.3. The molecule has 0 heterocycles. The van der Waals surface area contributed by atoms with Crippen LogP contribution in [0.4, 0.5) is 4.39 Å². The van der Waals surface area contributed by atoms with Crippen LogP contribution in [0.3, 0.4) is 0 Å². The van der Waals surface area contributed by atoms with E-state index >= 15 is 0 Å². The fourth-order valence-electron chi connectivity index (χ4n) is 5.94. The van der Waals surface area contributed by atoms with Crippen LogP contribution in [-0.2, 0) is 11.4 Å². The van der Waals surface area contributed by atoms with E-state index in [2.05, 4.69) is 13.0 Å². The van der Waals surface area contributed by atoms with Gasteiger partial charge in [0.25, 0.3) is 0 Å². The van der Waals surface area contributed by atoms with E-state index in [1.165, 1.54) is 24.5 Å². The van der Waals surface area contributed by atoms with Crippen molar-refractivity contribution in [1.29, 1.82) is 0 Å². The first-order chi connectivity index (χ1) is 17.9. The smallest absolute Gasteiger partial charge is 0.303 e. The molecule has 194 valence electrons. The lowest BCUT2D eigenvalue weighted by atomic mass is 9.84. The van der Waals surface area contributed by atoms with E-state index in [1.54, 1.807) is 19.2 Å². The van der Waals surface area contributed by atoms with Crippen LogP contribution in [0.15, 0.2) is 60.7 Å². The van der Waals surface area contributed by atoms with E-state index < -0.39 is 5.97 Å². The number of carbonyl (C=O) groups is 1. The van der Waals surface area contributed by atoms with Gasteiger partial charge in [-0.3, -0.25) is 4.79 Å². The van der Waals surface area contributed by atoms with E-state index in [0.717, 1.165) is 41.7 Å². The molecule has 5 heteroatoms.